The molecule has 2 heteroatoms. The molecule has 0 saturated carbocycles. The molecule has 1 aliphatic rings. The van der Waals surface area contributed by atoms with Crippen molar-refractivity contribution in [2.45, 2.75) is 39.0 Å². The third-order valence-corrected chi connectivity index (χ3v) is 5.04. The van der Waals surface area contributed by atoms with Crippen molar-refractivity contribution in [3.8, 4) is 0 Å². The van der Waals surface area contributed by atoms with Crippen molar-refractivity contribution in [2.75, 3.05) is 26.2 Å². The lowest BCUT2D eigenvalue weighted by Crippen LogP contribution is -2.41. The van der Waals surface area contributed by atoms with Gasteiger partial charge < -0.3 is 10.6 Å². The first-order chi connectivity index (χ1) is 9.23. The lowest BCUT2D eigenvalue weighted by atomic mass is 9.82. The van der Waals surface area contributed by atoms with Gasteiger partial charge in [0.25, 0.3) is 0 Å². The highest BCUT2D eigenvalue weighted by molar-refractivity contribution is 5.21. The monoisotopic (exact) mass is 260 g/mol. The smallest absolute Gasteiger partial charge is 0.00510 e. The van der Waals surface area contributed by atoms with Gasteiger partial charge in [-0.2, -0.15) is 0 Å². The molecule has 0 amide bonds. The Morgan fingerprint density at radius 1 is 1.21 bits per heavy atom. The summed E-state index contributed by atoms with van der Waals surface area (Å²) in [5.41, 5.74) is 7.85. The summed E-state index contributed by atoms with van der Waals surface area (Å²) in [7, 11) is 0. The summed E-state index contributed by atoms with van der Waals surface area (Å²) in [6.45, 7) is 8.96. The molecule has 1 aromatic carbocycles. The van der Waals surface area contributed by atoms with E-state index in [0.717, 1.165) is 6.54 Å². The van der Waals surface area contributed by atoms with Crippen LogP contribution >= 0.6 is 0 Å². The van der Waals surface area contributed by atoms with Crippen LogP contribution in [-0.4, -0.2) is 31.1 Å². The Bertz CT molecular complexity index is 362. The van der Waals surface area contributed by atoms with E-state index in [4.69, 9.17) is 5.73 Å². The molecule has 0 aromatic heterocycles. The molecule has 0 spiro atoms. The van der Waals surface area contributed by atoms with Crippen LogP contribution in [0.15, 0.2) is 30.3 Å². The van der Waals surface area contributed by atoms with Gasteiger partial charge in [-0.05, 0) is 49.2 Å². The van der Waals surface area contributed by atoms with Crippen molar-refractivity contribution >= 4 is 0 Å². The summed E-state index contributed by atoms with van der Waals surface area (Å²) in [6, 6.07) is 10.9. The lowest BCUT2D eigenvalue weighted by molar-refractivity contribution is 0.165. The van der Waals surface area contributed by atoms with Crippen LogP contribution in [0.5, 0.6) is 0 Å². The Labute approximate surface area is 118 Å². The van der Waals surface area contributed by atoms with E-state index in [-0.39, 0.29) is 0 Å². The minimum absolute atomic E-state index is 0.325. The molecule has 0 aliphatic carbocycles. The van der Waals surface area contributed by atoms with Crippen LogP contribution in [0.4, 0.5) is 0 Å². The Morgan fingerprint density at radius 3 is 2.47 bits per heavy atom. The SMILES string of the molecule is CCC(CC)(CN)CN1CCC(c2ccccc2)C1. The fourth-order valence-corrected chi connectivity index (χ4v) is 3.27. The average molecular weight is 260 g/mol. The van der Waals surface area contributed by atoms with Gasteiger partial charge >= 0.3 is 0 Å². The molecule has 19 heavy (non-hydrogen) atoms. The fraction of sp³-hybridized carbons (Fsp3) is 0.647. The van der Waals surface area contributed by atoms with Crippen LogP contribution in [0.2, 0.25) is 0 Å². The largest absolute Gasteiger partial charge is 0.330 e. The predicted octanol–water partition coefficient (Wildman–Crippen LogP) is 3.24. The summed E-state index contributed by atoms with van der Waals surface area (Å²) >= 11 is 0. The van der Waals surface area contributed by atoms with Crippen LogP contribution in [0.25, 0.3) is 0 Å². The minimum atomic E-state index is 0.325. The third-order valence-electron chi connectivity index (χ3n) is 5.04. The second-order valence-corrected chi connectivity index (χ2v) is 6.04. The zero-order chi connectivity index (χ0) is 13.7. The summed E-state index contributed by atoms with van der Waals surface area (Å²) in [5.74, 6) is 0.713. The molecule has 2 nitrogen and oxygen atoms in total. The fourth-order valence-electron chi connectivity index (χ4n) is 3.27. The number of hydrogen-bond acceptors (Lipinski definition) is 2. The van der Waals surface area contributed by atoms with Crippen LogP contribution < -0.4 is 5.73 Å². The van der Waals surface area contributed by atoms with Crippen LogP contribution in [0, 0.1) is 5.41 Å². The van der Waals surface area contributed by atoms with Gasteiger partial charge in [-0.1, -0.05) is 44.2 Å². The third kappa shape index (κ3) is 3.37. The highest BCUT2D eigenvalue weighted by Crippen LogP contribution is 2.32. The van der Waals surface area contributed by atoms with Crippen molar-refractivity contribution in [1.29, 1.82) is 0 Å². The highest BCUT2D eigenvalue weighted by atomic mass is 15.2. The molecule has 1 fully saturated rings. The van der Waals surface area contributed by atoms with E-state index in [1.54, 1.807) is 0 Å². The first-order valence-corrected chi connectivity index (χ1v) is 7.70. The highest BCUT2D eigenvalue weighted by Gasteiger charge is 2.31. The second kappa shape index (κ2) is 6.53. The Balaban J connectivity index is 1.95. The topological polar surface area (TPSA) is 29.3 Å². The minimum Gasteiger partial charge on any atom is -0.330 e. The number of benzene rings is 1. The van der Waals surface area contributed by atoms with Crippen LogP contribution in [-0.2, 0) is 0 Å². The van der Waals surface area contributed by atoms with E-state index >= 15 is 0 Å². The molecular formula is C17H28N2. The number of rotatable bonds is 6. The van der Waals surface area contributed by atoms with Crippen LogP contribution in [0.3, 0.4) is 0 Å². The molecule has 1 unspecified atom stereocenters. The van der Waals surface area contributed by atoms with Gasteiger partial charge in [-0.15, -0.1) is 0 Å². The first-order valence-electron chi connectivity index (χ1n) is 7.70. The molecule has 1 aliphatic heterocycles. The van der Waals surface area contributed by atoms with Gasteiger partial charge in [-0.25, -0.2) is 0 Å². The molecule has 1 atom stereocenters. The van der Waals surface area contributed by atoms with Crippen molar-refractivity contribution < 1.29 is 0 Å². The van der Waals surface area contributed by atoms with Gasteiger partial charge in [0.1, 0.15) is 0 Å². The summed E-state index contributed by atoms with van der Waals surface area (Å²) in [4.78, 5) is 2.62. The maximum Gasteiger partial charge on any atom is 0.00510 e. The van der Waals surface area contributed by atoms with E-state index in [1.165, 1.54) is 44.5 Å². The van der Waals surface area contributed by atoms with E-state index < -0.39 is 0 Å². The molecule has 2 N–H and O–H groups in total. The number of nitrogens with two attached hydrogens (primary N) is 1. The molecular weight excluding hydrogens is 232 g/mol. The van der Waals surface area contributed by atoms with E-state index in [0.29, 0.717) is 11.3 Å². The molecule has 106 valence electrons. The van der Waals surface area contributed by atoms with Crippen molar-refractivity contribution in [1.82, 2.24) is 4.90 Å². The van der Waals surface area contributed by atoms with Gasteiger partial charge in [0.2, 0.25) is 0 Å². The first kappa shape index (κ1) is 14.5. The van der Waals surface area contributed by atoms with Crippen molar-refractivity contribution in [3.63, 3.8) is 0 Å². The number of hydrogen-bond donors (Lipinski definition) is 1. The Hall–Kier alpha value is -0.860. The van der Waals surface area contributed by atoms with Crippen molar-refractivity contribution in [2.24, 2.45) is 11.1 Å². The van der Waals surface area contributed by atoms with E-state index in [9.17, 15) is 0 Å². The van der Waals surface area contributed by atoms with Gasteiger partial charge in [0, 0.05) is 13.1 Å². The number of likely N-dealkylation sites (tertiary alicyclic amines) is 1. The summed E-state index contributed by atoms with van der Waals surface area (Å²) < 4.78 is 0. The quantitative estimate of drug-likeness (QED) is 0.851. The molecule has 1 aromatic rings. The maximum absolute atomic E-state index is 6.03. The Morgan fingerprint density at radius 2 is 1.89 bits per heavy atom. The van der Waals surface area contributed by atoms with Gasteiger partial charge in [0.05, 0.1) is 0 Å². The predicted molar refractivity (Wildman–Crippen MR) is 82.3 cm³/mol. The standard InChI is InChI=1S/C17H28N2/c1-3-17(4-2,13-18)14-19-11-10-16(12-19)15-8-6-5-7-9-15/h5-9,16H,3-4,10-14,18H2,1-2H3. The number of nitrogens with zero attached hydrogens (tertiary/aromatic N) is 1. The summed E-state index contributed by atoms with van der Waals surface area (Å²) in [6.07, 6.45) is 3.66. The van der Waals surface area contributed by atoms with Gasteiger partial charge in [0.15, 0.2) is 0 Å². The average Bonchev–Trinajstić information content (AvgIpc) is 2.94. The van der Waals surface area contributed by atoms with Gasteiger partial charge in [-0.3, -0.25) is 0 Å². The second-order valence-electron chi connectivity index (χ2n) is 6.04. The van der Waals surface area contributed by atoms with E-state index in [1.807, 2.05) is 0 Å². The molecule has 2 rings (SSSR count). The molecule has 1 heterocycles. The summed E-state index contributed by atoms with van der Waals surface area (Å²) in [5, 5.41) is 0. The van der Waals surface area contributed by atoms with Crippen LogP contribution in [0.1, 0.15) is 44.6 Å². The lowest BCUT2D eigenvalue weighted by Gasteiger charge is -2.34. The Kier molecular flexibility index (Phi) is 5.00. The zero-order valence-electron chi connectivity index (χ0n) is 12.4. The molecule has 0 radical (unpaired) electrons. The molecule has 0 bridgehead atoms. The van der Waals surface area contributed by atoms with Crippen molar-refractivity contribution in [3.05, 3.63) is 35.9 Å². The van der Waals surface area contributed by atoms with E-state index in [2.05, 4.69) is 49.1 Å². The molecule has 1 saturated heterocycles. The zero-order valence-corrected chi connectivity index (χ0v) is 12.4. The maximum atomic E-state index is 6.03. The normalized spacial score (nSPS) is 20.9.